The SMILES string of the molecule is CCC(=O)Oc1cc(C)c(S(=O)(=O)n2c(=S)[nH]c3cc(OC)ccc32)c(C)c1. The molecular weight excluding hydrogens is 400 g/mol. The Morgan fingerprint density at radius 3 is 2.36 bits per heavy atom. The number of aromatic amines is 1. The van der Waals surface area contributed by atoms with E-state index in [9.17, 15) is 13.2 Å². The first-order valence-electron chi connectivity index (χ1n) is 8.55. The molecule has 9 heteroatoms. The number of nitrogens with zero attached hydrogens (tertiary/aromatic N) is 1. The fourth-order valence-electron chi connectivity index (χ4n) is 3.10. The minimum Gasteiger partial charge on any atom is -0.497 e. The lowest BCUT2D eigenvalue weighted by Crippen LogP contribution is -2.16. The van der Waals surface area contributed by atoms with Crippen molar-refractivity contribution in [1.82, 2.24) is 8.96 Å². The Morgan fingerprint density at radius 2 is 1.79 bits per heavy atom. The number of hydrogen-bond donors (Lipinski definition) is 1. The third-order valence-electron chi connectivity index (χ3n) is 4.30. The van der Waals surface area contributed by atoms with Crippen molar-refractivity contribution in [3.63, 3.8) is 0 Å². The van der Waals surface area contributed by atoms with E-state index >= 15 is 0 Å². The van der Waals surface area contributed by atoms with Crippen LogP contribution in [0.5, 0.6) is 11.5 Å². The van der Waals surface area contributed by atoms with Crippen molar-refractivity contribution in [1.29, 1.82) is 0 Å². The molecule has 0 amide bonds. The molecular formula is C19H20N2O5S2. The minimum absolute atomic E-state index is 0.0588. The summed E-state index contributed by atoms with van der Waals surface area (Å²) in [5.41, 5.74) is 1.90. The number of ether oxygens (including phenoxy) is 2. The van der Waals surface area contributed by atoms with Gasteiger partial charge in [0.25, 0.3) is 10.0 Å². The lowest BCUT2D eigenvalue weighted by atomic mass is 10.1. The summed E-state index contributed by atoms with van der Waals surface area (Å²) < 4.78 is 38.5. The monoisotopic (exact) mass is 420 g/mol. The van der Waals surface area contributed by atoms with E-state index < -0.39 is 10.0 Å². The first kappa shape index (κ1) is 20.1. The fourth-order valence-corrected chi connectivity index (χ4v) is 5.40. The van der Waals surface area contributed by atoms with Gasteiger partial charge in [0, 0.05) is 12.5 Å². The van der Waals surface area contributed by atoms with E-state index in [0.29, 0.717) is 33.7 Å². The van der Waals surface area contributed by atoms with Crippen molar-refractivity contribution >= 4 is 39.2 Å². The standard InChI is InChI=1S/C19H20N2O5S2/c1-5-17(22)26-14-8-11(2)18(12(3)9-14)28(23,24)21-16-7-6-13(25-4)10-15(16)20-19(21)27/h6-10H,5H2,1-4H3,(H,20,27). The number of esters is 1. The first-order chi connectivity index (χ1) is 13.2. The maximum atomic E-state index is 13.5. The molecule has 1 N–H and O–H groups in total. The zero-order chi connectivity index (χ0) is 20.6. The molecule has 3 aromatic rings. The molecule has 0 radical (unpaired) electrons. The maximum Gasteiger partial charge on any atom is 0.310 e. The molecule has 0 aliphatic rings. The highest BCUT2D eigenvalue weighted by atomic mass is 32.2. The summed E-state index contributed by atoms with van der Waals surface area (Å²) in [7, 11) is -2.45. The molecule has 0 fully saturated rings. The first-order valence-corrected chi connectivity index (χ1v) is 10.4. The Kier molecular flexibility index (Phi) is 5.31. The third-order valence-corrected chi connectivity index (χ3v) is 6.72. The Hall–Kier alpha value is -2.65. The molecule has 0 saturated carbocycles. The van der Waals surface area contributed by atoms with Crippen LogP contribution in [0.1, 0.15) is 24.5 Å². The van der Waals surface area contributed by atoms with Gasteiger partial charge in [0.15, 0.2) is 4.77 Å². The predicted molar refractivity (Wildman–Crippen MR) is 108 cm³/mol. The lowest BCUT2D eigenvalue weighted by Gasteiger charge is -2.14. The summed E-state index contributed by atoms with van der Waals surface area (Å²) in [6, 6.07) is 8.07. The molecule has 7 nitrogen and oxygen atoms in total. The number of aryl methyl sites for hydroxylation is 2. The Morgan fingerprint density at radius 1 is 1.14 bits per heavy atom. The Balaban J connectivity index is 2.19. The van der Waals surface area contributed by atoms with E-state index in [1.165, 1.54) is 19.2 Å². The Labute approximate surface area is 168 Å². The van der Waals surface area contributed by atoms with E-state index in [4.69, 9.17) is 21.7 Å². The number of imidazole rings is 1. The molecule has 1 aromatic heterocycles. The molecule has 28 heavy (non-hydrogen) atoms. The second kappa shape index (κ2) is 7.40. The van der Waals surface area contributed by atoms with Crippen LogP contribution in [0.25, 0.3) is 11.0 Å². The number of methoxy groups -OCH3 is 1. The van der Waals surface area contributed by atoms with Crippen molar-refractivity contribution < 1.29 is 22.7 Å². The van der Waals surface area contributed by atoms with Gasteiger partial charge in [0.05, 0.1) is 23.0 Å². The second-order valence-corrected chi connectivity index (χ2v) is 8.41. The van der Waals surface area contributed by atoms with Crippen molar-refractivity contribution in [2.24, 2.45) is 0 Å². The molecule has 0 spiro atoms. The lowest BCUT2D eigenvalue weighted by molar-refractivity contribution is -0.134. The highest BCUT2D eigenvalue weighted by molar-refractivity contribution is 7.90. The number of fused-ring (bicyclic) bond motifs is 1. The molecule has 0 aliphatic heterocycles. The van der Waals surface area contributed by atoms with Gasteiger partial charge in [-0.05, 0) is 61.5 Å². The van der Waals surface area contributed by atoms with Gasteiger partial charge in [0.2, 0.25) is 0 Å². The zero-order valence-corrected chi connectivity index (χ0v) is 17.5. The second-order valence-electron chi connectivity index (χ2n) is 6.30. The van der Waals surface area contributed by atoms with E-state index in [0.717, 1.165) is 3.97 Å². The third kappa shape index (κ3) is 3.43. The number of benzene rings is 2. The summed E-state index contributed by atoms with van der Waals surface area (Å²) in [6.07, 6.45) is 0.228. The quantitative estimate of drug-likeness (QED) is 0.383. The van der Waals surface area contributed by atoms with Crippen LogP contribution in [-0.4, -0.2) is 30.5 Å². The van der Waals surface area contributed by atoms with Gasteiger partial charge in [-0.3, -0.25) is 4.79 Å². The summed E-state index contributed by atoms with van der Waals surface area (Å²) in [6.45, 7) is 5.00. The van der Waals surface area contributed by atoms with Crippen LogP contribution in [0.2, 0.25) is 0 Å². The van der Waals surface area contributed by atoms with Gasteiger partial charge in [-0.15, -0.1) is 0 Å². The van der Waals surface area contributed by atoms with Gasteiger partial charge in [0.1, 0.15) is 11.5 Å². The van der Waals surface area contributed by atoms with Gasteiger partial charge in [-0.2, -0.15) is 0 Å². The van der Waals surface area contributed by atoms with Gasteiger partial charge < -0.3 is 14.5 Å². The molecule has 0 saturated heterocycles. The molecule has 0 unspecified atom stereocenters. The summed E-state index contributed by atoms with van der Waals surface area (Å²) >= 11 is 5.28. The van der Waals surface area contributed by atoms with Crippen LogP contribution < -0.4 is 9.47 Å². The van der Waals surface area contributed by atoms with Crippen molar-refractivity contribution in [2.45, 2.75) is 32.1 Å². The van der Waals surface area contributed by atoms with Crippen molar-refractivity contribution in [3.8, 4) is 11.5 Å². The molecule has 0 aliphatic carbocycles. The number of rotatable bonds is 5. The van der Waals surface area contributed by atoms with E-state index in [-0.39, 0.29) is 22.1 Å². The van der Waals surface area contributed by atoms with Crippen LogP contribution in [0.3, 0.4) is 0 Å². The molecule has 1 heterocycles. The van der Waals surface area contributed by atoms with E-state index in [2.05, 4.69) is 4.98 Å². The van der Waals surface area contributed by atoms with Crippen LogP contribution in [0, 0.1) is 18.6 Å². The predicted octanol–water partition coefficient (Wildman–Crippen LogP) is 3.88. The van der Waals surface area contributed by atoms with E-state index in [1.54, 1.807) is 39.0 Å². The maximum absolute atomic E-state index is 13.5. The smallest absolute Gasteiger partial charge is 0.310 e. The normalized spacial score (nSPS) is 11.6. The number of carbonyl (C=O) groups is 1. The van der Waals surface area contributed by atoms with Crippen LogP contribution in [-0.2, 0) is 14.8 Å². The van der Waals surface area contributed by atoms with Gasteiger partial charge in [-0.1, -0.05) is 6.92 Å². The van der Waals surface area contributed by atoms with Crippen LogP contribution in [0.4, 0.5) is 0 Å². The largest absolute Gasteiger partial charge is 0.497 e. The number of H-pyrrole nitrogens is 1. The number of hydrogen-bond acceptors (Lipinski definition) is 6. The number of aromatic nitrogens is 2. The average molecular weight is 421 g/mol. The van der Waals surface area contributed by atoms with Gasteiger partial charge in [-0.25, -0.2) is 12.4 Å². The molecule has 2 aromatic carbocycles. The van der Waals surface area contributed by atoms with Crippen LogP contribution >= 0.6 is 12.2 Å². The summed E-state index contributed by atoms with van der Waals surface area (Å²) in [4.78, 5) is 14.6. The molecule has 0 bridgehead atoms. The zero-order valence-electron chi connectivity index (χ0n) is 15.9. The van der Waals surface area contributed by atoms with E-state index in [1.807, 2.05) is 0 Å². The van der Waals surface area contributed by atoms with Crippen LogP contribution in [0.15, 0.2) is 35.2 Å². The number of nitrogens with one attached hydrogen (secondary N) is 1. The Bertz CT molecular complexity index is 1220. The topological polar surface area (TPSA) is 90.4 Å². The number of carbonyl (C=O) groups excluding carboxylic acids is 1. The average Bonchev–Trinajstić information content (AvgIpc) is 2.95. The van der Waals surface area contributed by atoms with Crippen molar-refractivity contribution in [3.05, 3.63) is 46.2 Å². The van der Waals surface area contributed by atoms with Gasteiger partial charge >= 0.3 is 5.97 Å². The molecule has 148 valence electrons. The highest BCUT2D eigenvalue weighted by Gasteiger charge is 2.26. The fraction of sp³-hybridized carbons (Fsp3) is 0.263. The molecule has 0 atom stereocenters. The highest BCUT2D eigenvalue weighted by Crippen LogP contribution is 2.30. The summed E-state index contributed by atoms with van der Waals surface area (Å²) in [5, 5.41) is 0. The molecule has 3 rings (SSSR count). The summed E-state index contributed by atoms with van der Waals surface area (Å²) in [5.74, 6) is 0.512. The van der Waals surface area contributed by atoms with Crippen molar-refractivity contribution in [2.75, 3.05) is 7.11 Å². The minimum atomic E-state index is -3.98.